The molecule has 3 aromatic carbocycles. The number of anilines is 1. The molecule has 0 bridgehead atoms. The normalized spacial score (nSPS) is 10.6. The van der Waals surface area contributed by atoms with Crippen LogP contribution in [0.1, 0.15) is 5.56 Å². The van der Waals surface area contributed by atoms with Gasteiger partial charge in [-0.2, -0.15) is 4.98 Å². The van der Waals surface area contributed by atoms with Crippen LogP contribution in [0, 0.1) is 12.7 Å². The van der Waals surface area contributed by atoms with Crippen LogP contribution in [-0.2, 0) is 4.79 Å². The molecular formula is C23H18FN3O3. The van der Waals surface area contributed by atoms with Crippen LogP contribution in [0.4, 0.5) is 10.1 Å². The summed E-state index contributed by atoms with van der Waals surface area (Å²) >= 11 is 0. The lowest BCUT2D eigenvalue weighted by molar-refractivity contribution is -0.118. The maximum Gasteiger partial charge on any atom is 0.262 e. The molecule has 0 aliphatic rings. The number of hydrogen-bond acceptors (Lipinski definition) is 5. The topological polar surface area (TPSA) is 77.2 Å². The first kappa shape index (κ1) is 19.3. The lowest BCUT2D eigenvalue weighted by Gasteiger charge is -2.08. The van der Waals surface area contributed by atoms with Gasteiger partial charge in [0.25, 0.3) is 11.8 Å². The predicted octanol–water partition coefficient (Wildman–Crippen LogP) is 4.87. The molecule has 0 radical (unpaired) electrons. The Bertz CT molecular complexity index is 1190. The van der Waals surface area contributed by atoms with Gasteiger partial charge in [0, 0.05) is 11.3 Å². The van der Waals surface area contributed by atoms with E-state index in [1.165, 1.54) is 6.07 Å². The van der Waals surface area contributed by atoms with Crippen molar-refractivity contribution < 1.29 is 18.4 Å². The number of ether oxygens (including phenoxy) is 1. The van der Waals surface area contributed by atoms with Crippen molar-refractivity contribution in [3.63, 3.8) is 0 Å². The average Bonchev–Trinajstić information content (AvgIpc) is 3.23. The number of amides is 1. The van der Waals surface area contributed by atoms with Crippen molar-refractivity contribution in [1.29, 1.82) is 0 Å². The van der Waals surface area contributed by atoms with Crippen molar-refractivity contribution in [1.82, 2.24) is 10.1 Å². The smallest absolute Gasteiger partial charge is 0.262 e. The van der Waals surface area contributed by atoms with Crippen LogP contribution in [0.2, 0.25) is 0 Å². The second-order valence-electron chi connectivity index (χ2n) is 6.64. The Kier molecular flexibility index (Phi) is 5.52. The minimum Gasteiger partial charge on any atom is -0.484 e. The minimum absolute atomic E-state index is 0.0898. The van der Waals surface area contributed by atoms with Gasteiger partial charge in [0.05, 0.1) is 5.56 Å². The molecule has 30 heavy (non-hydrogen) atoms. The van der Waals surface area contributed by atoms with Crippen molar-refractivity contribution in [3.8, 4) is 28.6 Å². The molecule has 1 amide bonds. The first-order valence-electron chi connectivity index (χ1n) is 9.27. The number of carbonyl (C=O) groups excluding carboxylic acids is 1. The van der Waals surface area contributed by atoms with E-state index < -0.39 is 5.82 Å². The molecule has 4 aromatic rings. The maximum atomic E-state index is 13.9. The van der Waals surface area contributed by atoms with E-state index in [9.17, 15) is 9.18 Å². The number of nitrogens with one attached hydrogen (secondary N) is 1. The zero-order valence-corrected chi connectivity index (χ0v) is 16.1. The van der Waals surface area contributed by atoms with Crippen LogP contribution >= 0.6 is 0 Å². The lowest BCUT2D eigenvalue weighted by Crippen LogP contribution is -2.20. The second-order valence-corrected chi connectivity index (χ2v) is 6.64. The minimum atomic E-state index is -0.440. The monoisotopic (exact) mass is 403 g/mol. The molecule has 0 aliphatic heterocycles. The van der Waals surface area contributed by atoms with E-state index in [1.807, 2.05) is 31.2 Å². The molecule has 6 nitrogen and oxygen atoms in total. The number of carbonyl (C=O) groups is 1. The molecule has 7 heteroatoms. The highest BCUT2D eigenvalue weighted by Crippen LogP contribution is 2.26. The number of hydrogen-bond donors (Lipinski definition) is 1. The maximum absolute atomic E-state index is 13.9. The summed E-state index contributed by atoms with van der Waals surface area (Å²) in [5, 5.41) is 6.70. The Hall–Kier alpha value is -4.00. The molecule has 0 saturated heterocycles. The Morgan fingerprint density at radius 3 is 2.73 bits per heavy atom. The third-order valence-electron chi connectivity index (χ3n) is 4.29. The Labute approximate surface area is 172 Å². The molecule has 0 unspecified atom stereocenters. The van der Waals surface area contributed by atoms with Crippen LogP contribution in [0.3, 0.4) is 0 Å². The number of benzene rings is 3. The summed E-state index contributed by atoms with van der Waals surface area (Å²) in [5.41, 5.74) is 2.62. The van der Waals surface area contributed by atoms with Crippen molar-refractivity contribution in [2.24, 2.45) is 0 Å². The highest BCUT2D eigenvalue weighted by Gasteiger charge is 2.14. The molecule has 1 N–H and O–H groups in total. The second kappa shape index (κ2) is 8.57. The molecule has 0 fully saturated rings. The van der Waals surface area contributed by atoms with Gasteiger partial charge in [-0.1, -0.05) is 41.6 Å². The summed E-state index contributed by atoms with van der Waals surface area (Å²) in [5.74, 6) is 0.149. The highest BCUT2D eigenvalue weighted by molar-refractivity contribution is 5.91. The third kappa shape index (κ3) is 4.52. The lowest BCUT2D eigenvalue weighted by atomic mass is 10.2. The summed E-state index contributed by atoms with van der Waals surface area (Å²) in [6.07, 6.45) is 0. The number of rotatable bonds is 6. The molecule has 0 saturated carbocycles. The largest absolute Gasteiger partial charge is 0.484 e. The van der Waals surface area contributed by atoms with E-state index in [0.29, 0.717) is 22.8 Å². The van der Waals surface area contributed by atoms with Gasteiger partial charge < -0.3 is 14.6 Å². The molecule has 1 heterocycles. The van der Waals surface area contributed by atoms with Crippen LogP contribution in [0.15, 0.2) is 77.3 Å². The fraction of sp³-hybridized carbons (Fsp3) is 0.0870. The zero-order chi connectivity index (χ0) is 20.9. The van der Waals surface area contributed by atoms with Crippen LogP contribution in [0.5, 0.6) is 5.75 Å². The van der Waals surface area contributed by atoms with Crippen molar-refractivity contribution >= 4 is 11.6 Å². The fourth-order valence-corrected chi connectivity index (χ4v) is 2.88. The number of aromatic nitrogens is 2. The van der Waals surface area contributed by atoms with E-state index in [-0.39, 0.29) is 24.0 Å². The van der Waals surface area contributed by atoms with Crippen LogP contribution < -0.4 is 10.1 Å². The standard InChI is InChI=1S/C23H18FN3O3/c1-15-6-4-8-17(12-15)25-21(28)14-29-18-9-5-7-16(13-18)22-26-23(30-27-22)19-10-2-3-11-20(19)24/h2-13H,14H2,1H3,(H,25,28). The van der Waals surface area contributed by atoms with Gasteiger partial charge in [0.2, 0.25) is 5.82 Å². The van der Waals surface area contributed by atoms with Crippen LogP contribution in [-0.4, -0.2) is 22.7 Å². The quantitative estimate of drug-likeness (QED) is 0.497. The summed E-state index contributed by atoms with van der Waals surface area (Å²) in [6, 6.07) is 20.6. The Morgan fingerprint density at radius 1 is 1.07 bits per heavy atom. The molecule has 4 rings (SSSR count). The first-order valence-corrected chi connectivity index (χ1v) is 9.27. The van der Waals surface area contributed by atoms with E-state index in [1.54, 1.807) is 42.5 Å². The van der Waals surface area contributed by atoms with Crippen LogP contribution in [0.25, 0.3) is 22.8 Å². The Morgan fingerprint density at radius 2 is 1.90 bits per heavy atom. The predicted molar refractivity (Wildman–Crippen MR) is 110 cm³/mol. The SMILES string of the molecule is Cc1cccc(NC(=O)COc2cccc(-c3noc(-c4ccccc4F)n3)c2)c1. The summed E-state index contributed by atoms with van der Waals surface area (Å²) in [4.78, 5) is 16.4. The van der Waals surface area contributed by atoms with Crippen molar-refractivity contribution in [2.75, 3.05) is 11.9 Å². The molecule has 0 aliphatic carbocycles. The zero-order valence-electron chi connectivity index (χ0n) is 16.1. The van der Waals surface area contributed by atoms with Crippen molar-refractivity contribution in [3.05, 3.63) is 84.2 Å². The van der Waals surface area contributed by atoms with E-state index in [2.05, 4.69) is 15.5 Å². The first-order chi connectivity index (χ1) is 14.6. The molecule has 0 spiro atoms. The number of halogens is 1. The number of aryl methyl sites for hydroxylation is 1. The van der Waals surface area contributed by atoms with Gasteiger partial charge in [-0.05, 0) is 48.9 Å². The molecule has 0 atom stereocenters. The van der Waals surface area contributed by atoms with Gasteiger partial charge >= 0.3 is 0 Å². The Balaban J connectivity index is 1.43. The highest BCUT2D eigenvalue weighted by atomic mass is 19.1. The average molecular weight is 403 g/mol. The van der Waals surface area contributed by atoms with Gasteiger partial charge in [-0.15, -0.1) is 0 Å². The van der Waals surface area contributed by atoms with Gasteiger partial charge in [0.15, 0.2) is 6.61 Å². The summed E-state index contributed by atoms with van der Waals surface area (Å²) in [6.45, 7) is 1.80. The van der Waals surface area contributed by atoms with E-state index in [0.717, 1.165) is 5.56 Å². The molecule has 1 aromatic heterocycles. The van der Waals surface area contributed by atoms with Gasteiger partial charge in [-0.3, -0.25) is 4.79 Å². The fourth-order valence-electron chi connectivity index (χ4n) is 2.88. The third-order valence-corrected chi connectivity index (χ3v) is 4.29. The van der Waals surface area contributed by atoms with E-state index in [4.69, 9.17) is 9.26 Å². The summed E-state index contributed by atoms with van der Waals surface area (Å²) < 4.78 is 24.7. The molecule has 150 valence electrons. The number of nitrogens with zero attached hydrogens (tertiary/aromatic N) is 2. The van der Waals surface area contributed by atoms with Crippen molar-refractivity contribution in [2.45, 2.75) is 6.92 Å². The van der Waals surface area contributed by atoms with E-state index >= 15 is 0 Å². The molecular weight excluding hydrogens is 385 g/mol. The summed E-state index contributed by atoms with van der Waals surface area (Å²) in [7, 11) is 0. The van der Waals surface area contributed by atoms with Gasteiger partial charge in [0.1, 0.15) is 11.6 Å². The van der Waals surface area contributed by atoms with Gasteiger partial charge in [-0.25, -0.2) is 4.39 Å².